The molecule has 2 saturated heterocycles. The van der Waals surface area contributed by atoms with Gasteiger partial charge in [-0.15, -0.1) is 0 Å². The molecule has 1 amide bonds. The maximum absolute atomic E-state index is 12.1. The lowest BCUT2D eigenvalue weighted by molar-refractivity contribution is -0.0357. The summed E-state index contributed by atoms with van der Waals surface area (Å²) in [7, 11) is 0. The van der Waals surface area contributed by atoms with E-state index in [0.29, 0.717) is 13.1 Å². The van der Waals surface area contributed by atoms with E-state index < -0.39 is 0 Å². The van der Waals surface area contributed by atoms with Crippen LogP contribution < -0.4 is 5.32 Å². The normalized spacial score (nSPS) is 28.8. The molecule has 2 aliphatic heterocycles. The summed E-state index contributed by atoms with van der Waals surface area (Å²) in [6.07, 6.45) is 3.91. The molecule has 0 aromatic carbocycles. The molecule has 2 fully saturated rings. The van der Waals surface area contributed by atoms with Crippen molar-refractivity contribution in [2.75, 3.05) is 26.2 Å². The largest absolute Gasteiger partial charge is 0.375 e. The fourth-order valence-corrected chi connectivity index (χ4v) is 2.41. The van der Waals surface area contributed by atoms with Crippen molar-refractivity contribution in [2.24, 2.45) is 0 Å². The number of morpholine rings is 1. The summed E-state index contributed by atoms with van der Waals surface area (Å²) in [4.78, 5) is 17.6. The fraction of sp³-hybridized carbons (Fsp3) is 0.700. The quantitative estimate of drug-likeness (QED) is 0.646. The highest BCUT2D eigenvalue weighted by molar-refractivity contribution is 5.75. The summed E-state index contributed by atoms with van der Waals surface area (Å²) in [6.45, 7) is 3.00. The van der Waals surface area contributed by atoms with Gasteiger partial charge in [0.05, 0.1) is 18.8 Å². The highest BCUT2D eigenvalue weighted by Gasteiger charge is 2.34. The van der Waals surface area contributed by atoms with E-state index in [9.17, 15) is 4.79 Å². The Labute approximate surface area is 98.8 Å². The van der Waals surface area contributed by atoms with Gasteiger partial charge in [0, 0.05) is 19.6 Å². The number of hydrogen-bond acceptors (Lipinski definition) is 5. The number of carbonyl (C=O) groups is 1. The van der Waals surface area contributed by atoms with Gasteiger partial charge < -0.3 is 15.0 Å². The zero-order valence-corrected chi connectivity index (χ0v) is 9.45. The Morgan fingerprint density at radius 2 is 2.47 bits per heavy atom. The second-order valence-electron chi connectivity index (χ2n) is 4.33. The number of ether oxygens (including phenoxy) is 1. The van der Waals surface area contributed by atoms with E-state index in [4.69, 9.17) is 4.74 Å². The van der Waals surface area contributed by atoms with E-state index >= 15 is 0 Å². The molecule has 1 aromatic heterocycles. The van der Waals surface area contributed by atoms with Crippen LogP contribution >= 0.6 is 0 Å². The van der Waals surface area contributed by atoms with Crippen molar-refractivity contribution < 1.29 is 9.53 Å². The van der Waals surface area contributed by atoms with Crippen LogP contribution in [0.25, 0.3) is 0 Å². The maximum Gasteiger partial charge on any atom is 0.346 e. The Morgan fingerprint density at radius 3 is 3.29 bits per heavy atom. The topological polar surface area (TPSA) is 72.3 Å². The van der Waals surface area contributed by atoms with E-state index in [1.165, 1.54) is 17.3 Å². The predicted molar refractivity (Wildman–Crippen MR) is 58.5 cm³/mol. The molecule has 0 bridgehead atoms. The van der Waals surface area contributed by atoms with Gasteiger partial charge in [0.25, 0.3) is 0 Å². The summed E-state index contributed by atoms with van der Waals surface area (Å²) < 4.78 is 6.93. The molecule has 7 heteroatoms. The molecule has 0 radical (unpaired) electrons. The number of amides is 1. The second-order valence-corrected chi connectivity index (χ2v) is 4.33. The van der Waals surface area contributed by atoms with Crippen LogP contribution in [-0.4, -0.2) is 64.1 Å². The van der Waals surface area contributed by atoms with Crippen molar-refractivity contribution in [1.82, 2.24) is 25.0 Å². The number of fused-ring (bicyclic) bond motifs is 1. The molecule has 7 nitrogen and oxygen atoms in total. The van der Waals surface area contributed by atoms with Crippen molar-refractivity contribution in [3.05, 3.63) is 12.7 Å². The Morgan fingerprint density at radius 1 is 1.53 bits per heavy atom. The third-order valence-electron chi connectivity index (χ3n) is 3.28. The first-order valence-corrected chi connectivity index (χ1v) is 5.83. The molecule has 0 aliphatic carbocycles. The zero-order chi connectivity index (χ0) is 11.7. The fourth-order valence-electron chi connectivity index (χ4n) is 2.41. The summed E-state index contributed by atoms with van der Waals surface area (Å²) >= 11 is 0. The molecule has 92 valence electrons. The highest BCUT2D eigenvalue weighted by atomic mass is 16.5. The van der Waals surface area contributed by atoms with Gasteiger partial charge >= 0.3 is 6.03 Å². The van der Waals surface area contributed by atoms with E-state index in [1.54, 1.807) is 4.90 Å². The summed E-state index contributed by atoms with van der Waals surface area (Å²) in [5.41, 5.74) is 0. The number of rotatable bonds is 0. The minimum Gasteiger partial charge on any atom is -0.375 e. The molecule has 2 atom stereocenters. The predicted octanol–water partition coefficient (Wildman–Crippen LogP) is -0.691. The summed E-state index contributed by atoms with van der Waals surface area (Å²) in [5.74, 6) is 0. The van der Waals surface area contributed by atoms with E-state index in [0.717, 1.165) is 19.6 Å². The molecular formula is C10H15N5O2. The third-order valence-corrected chi connectivity index (χ3v) is 3.28. The van der Waals surface area contributed by atoms with Crippen LogP contribution in [0.15, 0.2) is 12.7 Å². The van der Waals surface area contributed by atoms with Gasteiger partial charge in [0.1, 0.15) is 12.7 Å². The molecule has 17 heavy (non-hydrogen) atoms. The average Bonchev–Trinajstić information content (AvgIpc) is 2.91. The number of aromatic nitrogens is 3. The summed E-state index contributed by atoms with van der Waals surface area (Å²) in [6, 6.07) is 0.123. The van der Waals surface area contributed by atoms with E-state index in [2.05, 4.69) is 15.4 Å². The summed E-state index contributed by atoms with van der Waals surface area (Å²) in [5, 5.41) is 7.25. The lowest BCUT2D eigenvalue weighted by Crippen LogP contribution is -2.59. The molecule has 0 spiro atoms. The van der Waals surface area contributed by atoms with Crippen molar-refractivity contribution in [2.45, 2.75) is 18.6 Å². The van der Waals surface area contributed by atoms with Gasteiger partial charge in [-0.1, -0.05) is 0 Å². The third kappa shape index (κ3) is 2.03. The lowest BCUT2D eigenvalue weighted by atomic mass is 10.0. The second kappa shape index (κ2) is 4.42. The van der Waals surface area contributed by atoms with Crippen LogP contribution in [0.2, 0.25) is 0 Å². The number of piperidine rings is 1. The smallest absolute Gasteiger partial charge is 0.346 e. The molecule has 2 aliphatic rings. The SMILES string of the molecule is O=C(N1CC[C@@H]2OCCN[C@@H]2C1)n1cncn1. The van der Waals surface area contributed by atoms with Crippen LogP contribution in [-0.2, 0) is 4.74 Å². The monoisotopic (exact) mass is 237 g/mol. The van der Waals surface area contributed by atoms with Crippen LogP contribution in [0.3, 0.4) is 0 Å². The maximum atomic E-state index is 12.1. The van der Waals surface area contributed by atoms with Gasteiger partial charge in [-0.2, -0.15) is 9.78 Å². The zero-order valence-electron chi connectivity index (χ0n) is 9.45. The van der Waals surface area contributed by atoms with Gasteiger partial charge in [-0.3, -0.25) is 0 Å². The van der Waals surface area contributed by atoms with Gasteiger partial charge in [0.2, 0.25) is 0 Å². The van der Waals surface area contributed by atoms with Crippen LogP contribution in [0.1, 0.15) is 6.42 Å². The van der Waals surface area contributed by atoms with E-state index in [1.807, 2.05) is 0 Å². The lowest BCUT2D eigenvalue weighted by Gasteiger charge is -2.41. The number of nitrogens with one attached hydrogen (secondary N) is 1. The number of nitrogens with zero attached hydrogens (tertiary/aromatic N) is 4. The highest BCUT2D eigenvalue weighted by Crippen LogP contribution is 2.17. The Hall–Kier alpha value is -1.47. The van der Waals surface area contributed by atoms with Crippen LogP contribution in [0, 0.1) is 0 Å². The van der Waals surface area contributed by atoms with Gasteiger partial charge in [-0.05, 0) is 6.42 Å². The first kappa shape index (κ1) is 10.7. The Bertz CT molecular complexity index is 393. The van der Waals surface area contributed by atoms with E-state index in [-0.39, 0.29) is 18.2 Å². The Balaban J connectivity index is 1.67. The van der Waals surface area contributed by atoms with Crippen molar-refractivity contribution in [3.63, 3.8) is 0 Å². The number of carbonyl (C=O) groups excluding carboxylic acids is 1. The standard InChI is InChI=1S/C10H15N5O2/c16-10(15-7-11-6-13-15)14-3-1-9-8(5-14)12-2-4-17-9/h6-9,12H,1-5H2/t8-,9+/m1/s1. The number of hydrogen-bond donors (Lipinski definition) is 1. The van der Waals surface area contributed by atoms with Crippen LogP contribution in [0.4, 0.5) is 4.79 Å². The first-order chi connectivity index (χ1) is 8.34. The molecule has 0 unspecified atom stereocenters. The minimum atomic E-state index is -0.117. The minimum absolute atomic E-state index is 0.117. The molecule has 3 rings (SSSR count). The molecule has 3 heterocycles. The van der Waals surface area contributed by atoms with Crippen molar-refractivity contribution in [3.8, 4) is 0 Å². The van der Waals surface area contributed by atoms with Gasteiger partial charge in [0.15, 0.2) is 0 Å². The first-order valence-electron chi connectivity index (χ1n) is 5.83. The molecular weight excluding hydrogens is 222 g/mol. The van der Waals surface area contributed by atoms with Crippen molar-refractivity contribution >= 4 is 6.03 Å². The Kier molecular flexibility index (Phi) is 2.77. The van der Waals surface area contributed by atoms with Crippen molar-refractivity contribution in [1.29, 1.82) is 0 Å². The average molecular weight is 237 g/mol. The van der Waals surface area contributed by atoms with Crippen LogP contribution in [0.5, 0.6) is 0 Å². The molecule has 1 N–H and O–H groups in total. The molecule has 1 aromatic rings. The van der Waals surface area contributed by atoms with Gasteiger partial charge in [-0.25, -0.2) is 9.78 Å². The molecule has 0 saturated carbocycles. The number of likely N-dealkylation sites (tertiary alicyclic amines) is 1.